The minimum Gasteiger partial charge on any atom is -0.486 e. The monoisotopic (exact) mass is 368 g/mol. The van der Waals surface area contributed by atoms with Crippen LogP contribution >= 0.6 is 0 Å². The molecular formula is C21H24N2O4. The second-order valence-corrected chi connectivity index (χ2v) is 6.69. The van der Waals surface area contributed by atoms with Gasteiger partial charge in [-0.1, -0.05) is 26.0 Å². The minimum atomic E-state index is -0.183. The van der Waals surface area contributed by atoms with Crippen LogP contribution in [0.5, 0.6) is 11.5 Å². The lowest BCUT2D eigenvalue weighted by molar-refractivity contribution is -0.116. The van der Waals surface area contributed by atoms with Crippen molar-refractivity contribution < 1.29 is 19.1 Å². The van der Waals surface area contributed by atoms with Crippen LogP contribution in [0, 0.1) is 0 Å². The molecule has 0 saturated heterocycles. The van der Waals surface area contributed by atoms with Gasteiger partial charge in [0.1, 0.15) is 13.2 Å². The van der Waals surface area contributed by atoms with Gasteiger partial charge in [0.05, 0.1) is 0 Å². The van der Waals surface area contributed by atoms with Crippen LogP contribution in [-0.4, -0.2) is 31.6 Å². The van der Waals surface area contributed by atoms with Crippen LogP contribution in [0.15, 0.2) is 42.5 Å². The summed E-state index contributed by atoms with van der Waals surface area (Å²) in [7, 11) is 0. The Balaban J connectivity index is 1.46. The highest BCUT2D eigenvalue weighted by molar-refractivity contribution is 5.95. The zero-order chi connectivity index (χ0) is 19.2. The fraction of sp³-hybridized carbons (Fsp3) is 0.333. The molecule has 0 bridgehead atoms. The van der Waals surface area contributed by atoms with Gasteiger partial charge in [-0.2, -0.15) is 0 Å². The lowest BCUT2D eigenvalue weighted by Gasteiger charge is -2.19. The summed E-state index contributed by atoms with van der Waals surface area (Å²) in [4.78, 5) is 24.2. The number of ether oxygens (including phenoxy) is 2. The molecule has 27 heavy (non-hydrogen) atoms. The molecular weight excluding hydrogens is 344 g/mol. The summed E-state index contributed by atoms with van der Waals surface area (Å²) < 4.78 is 10.9. The molecule has 0 aromatic heterocycles. The molecule has 0 unspecified atom stereocenters. The third-order valence-corrected chi connectivity index (χ3v) is 4.30. The molecule has 0 spiro atoms. The maximum Gasteiger partial charge on any atom is 0.251 e. The van der Waals surface area contributed by atoms with Crippen LogP contribution in [0.25, 0.3) is 0 Å². The standard InChI is InChI=1S/C21H24N2O4/c1-14(2)15-3-5-16(6-4-15)21(25)22-10-9-20(24)23-17-7-8-18-19(13-17)27-12-11-26-18/h3-8,13-14H,9-12H2,1-2H3,(H,22,25)(H,23,24). The third-order valence-electron chi connectivity index (χ3n) is 4.30. The molecule has 142 valence electrons. The van der Waals surface area contributed by atoms with Crippen LogP contribution < -0.4 is 20.1 Å². The minimum absolute atomic E-state index is 0.179. The lowest BCUT2D eigenvalue weighted by atomic mass is 10.0. The highest BCUT2D eigenvalue weighted by Gasteiger charge is 2.13. The molecule has 3 rings (SSSR count). The Morgan fingerprint density at radius 1 is 1.00 bits per heavy atom. The van der Waals surface area contributed by atoms with Crippen molar-refractivity contribution >= 4 is 17.5 Å². The molecule has 0 atom stereocenters. The highest BCUT2D eigenvalue weighted by atomic mass is 16.6. The summed E-state index contributed by atoms with van der Waals surface area (Å²) >= 11 is 0. The maximum absolute atomic E-state index is 12.2. The summed E-state index contributed by atoms with van der Waals surface area (Å²) in [6, 6.07) is 12.8. The first kappa shape index (κ1) is 18.8. The average molecular weight is 368 g/mol. The summed E-state index contributed by atoms with van der Waals surface area (Å²) in [6.07, 6.45) is 0.185. The van der Waals surface area contributed by atoms with Crippen molar-refractivity contribution in [3.05, 3.63) is 53.6 Å². The van der Waals surface area contributed by atoms with Gasteiger partial charge in [0, 0.05) is 30.3 Å². The fourth-order valence-corrected chi connectivity index (χ4v) is 2.76. The quantitative estimate of drug-likeness (QED) is 0.820. The van der Waals surface area contributed by atoms with Crippen molar-refractivity contribution in [2.75, 3.05) is 25.1 Å². The summed E-state index contributed by atoms with van der Waals surface area (Å²) in [5, 5.41) is 5.57. The zero-order valence-electron chi connectivity index (χ0n) is 15.6. The Hall–Kier alpha value is -3.02. The second kappa shape index (κ2) is 8.58. The highest BCUT2D eigenvalue weighted by Crippen LogP contribution is 2.32. The molecule has 6 heteroatoms. The third kappa shape index (κ3) is 5.00. The van der Waals surface area contributed by atoms with E-state index in [0.29, 0.717) is 41.9 Å². The molecule has 2 aromatic rings. The van der Waals surface area contributed by atoms with Crippen molar-refractivity contribution in [1.82, 2.24) is 5.32 Å². The first-order chi connectivity index (χ1) is 13.0. The van der Waals surface area contributed by atoms with Crippen LogP contribution in [0.2, 0.25) is 0 Å². The molecule has 0 radical (unpaired) electrons. The van der Waals surface area contributed by atoms with Crippen LogP contribution in [0.1, 0.15) is 42.1 Å². The molecule has 2 N–H and O–H groups in total. The van der Waals surface area contributed by atoms with E-state index in [0.717, 1.165) is 0 Å². The van der Waals surface area contributed by atoms with Gasteiger partial charge >= 0.3 is 0 Å². The normalized spacial score (nSPS) is 12.6. The molecule has 2 amide bonds. The number of anilines is 1. The van der Waals surface area contributed by atoms with Crippen LogP contribution in [-0.2, 0) is 4.79 Å². The van der Waals surface area contributed by atoms with Gasteiger partial charge in [-0.25, -0.2) is 0 Å². The van der Waals surface area contributed by atoms with Gasteiger partial charge < -0.3 is 20.1 Å². The van der Waals surface area contributed by atoms with E-state index in [2.05, 4.69) is 24.5 Å². The summed E-state index contributed by atoms with van der Waals surface area (Å²) in [5.74, 6) is 1.36. The van der Waals surface area contributed by atoms with Crippen molar-refractivity contribution in [3.8, 4) is 11.5 Å². The lowest BCUT2D eigenvalue weighted by Crippen LogP contribution is -2.27. The number of carbonyl (C=O) groups is 2. The first-order valence-electron chi connectivity index (χ1n) is 9.10. The van der Waals surface area contributed by atoms with Crippen LogP contribution in [0.3, 0.4) is 0 Å². The van der Waals surface area contributed by atoms with Gasteiger partial charge in [-0.05, 0) is 35.7 Å². The average Bonchev–Trinajstić information content (AvgIpc) is 2.68. The van der Waals surface area contributed by atoms with E-state index in [1.54, 1.807) is 30.3 Å². The molecule has 0 fully saturated rings. The number of rotatable bonds is 6. The predicted molar refractivity (Wildman–Crippen MR) is 104 cm³/mol. The van der Waals surface area contributed by atoms with E-state index in [1.165, 1.54) is 5.56 Å². The SMILES string of the molecule is CC(C)c1ccc(C(=O)NCCC(=O)Nc2ccc3c(c2)OCCO3)cc1. The van der Waals surface area contributed by atoms with Gasteiger partial charge in [-0.15, -0.1) is 0 Å². The number of nitrogens with one attached hydrogen (secondary N) is 2. The number of fused-ring (bicyclic) bond motifs is 1. The number of hydrogen-bond donors (Lipinski definition) is 2. The Bertz CT molecular complexity index is 815. The Kier molecular flexibility index (Phi) is 5.96. The largest absolute Gasteiger partial charge is 0.486 e. The van der Waals surface area contributed by atoms with E-state index < -0.39 is 0 Å². The van der Waals surface area contributed by atoms with Gasteiger partial charge in [-0.3, -0.25) is 9.59 Å². The smallest absolute Gasteiger partial charge is 0.251 e. The molecule has 1 aliphatic rings. The number of carbonyl (C=O) groups excluding carboxylic acids is 2. The van der Waals surface area contributed by atoms with E-state index in [1.807, 2.05) is 12.1 Å². The first-order valence-corrected chi connectivity index (χ1v) is 9.10. The number of amides is 2. The fourth-order valence-electron chi connectivity index (χ4n) is 2.76. The Morgan fingerprint density at radius 2 is 1.70 bits per heavy atom. The Labute approximate surface area is 158 Å². The topological polar surface area (TPSA) is 76.7 Å². The molecule has 1 heterocycles. The van der Waals surface area contributed by atoms with Crippen LogP contribution in [0.4, 0.5) is 5.69 Å². The maximum atomic E-state index is 12.2. The molecule has 6 nitrogen and oxygen atoms in total. The van der Waals surface area contributed by atoms with E-state index >= 15 is 0 Å². The van der Waals surface area contributed by atoms with Crippen molar-refractivity contribution in [2.45, 2.75) is 26.2 Å². The van der Waals surface area contributed by atoms with Crippen molar-refractivity contribution in [1.29, 1.82) is 0 Å². The Morgan fingerprint density at radius 3 is 2.41 bits per heavy atom. The second-order valence-electron chi connectivity index (χ2n) is 6.69. The van der Waals surface area contributed by atoms with E-state index in [4.69, 9.17) is 9.47 Å². The predicted octanol–water partition coefficient (Wildman–Crippen LogP) is 3.34. The zero-order valence-corrected chi connectivity index (χ0v) is 15.6. The molecule has 1 aliphatic heterocycles. The molecule has 2 aromatic carbocycles. The van der Waals surface area contributed by atoms with E-state index in [9.17, 15) is 9.59 Å². The molecule has 0 saturated carbocycles. The number of hydrogen-bond acceptors (Lipinski definition) is 4. The number of benzene rings is 2. The summed E-state index contributed by atoms with van der Waals surface area (Å²) in [5.41, 5.74) is 2.41. The molecule has 0 aliphatic carbocycles. The van der Waals surface area contributed by atoms with Gasteiger partial charge in [0.2, 0.25) is 5.91 Å². The van der Waals surface area contributed by atoms with E-state index in [-0.39, 0.29) is 24.8 Å². The van der Waals surface area contributed by atoms with Crippen molar-refractivity contribution in [2.24, 2.45) is 0 Å². The van der Waals surface area contributed by atoms with Gasteiger partial charge in [0.15, 0.2) is 11.5 Å². The summed E-state index contributed by atoms with van der Waals surface area (Å²) in [6.45, 7) is 5.50. The van der Waals surface area contributed by atoms with Crippen molar-refractivity contribution in [3.63, 3.8) is 0 Å². The van der Waals surface area contributed by atoms with Gasteiger partial charge in [0.25, 0.3) is 5.91 Å².